The van der Waals surface area contributed by atoms with E-state index in [1.54, 1.807) is 32.0 Å². The second-order valence-corrected chi connectivity index (χ2v) is 15.3. The minimum absolute atomic E-state index is 0.126. The lowest BCUT2D eigenvalue weighted by Gasteiger charge is -2.18. The molecule has 0 bridgehead atoms. The van der Waals surface area contributed by atoms with Crippen LogP contribution in [0.2, 0.25) is 0 Å². The first-order chi connectivity index (χ1) is 28.1. The van der Waals surface area contributed by atoms with Gasteiger partial charge in [-0.2, -0.15) is 26.3 Å². The number of halogens is 7. The normalized spacial score (nSPS) is 14.2. The molecule has 0 heterocycles. The maximum atomic E-state index is 12.9. The molecular formula is C46H51BrF6O6. The average molecular weight is 894 g/mol. The van der Waals surface area contributed by atoms with E-state index >= 15 is 0 Å². The fourth-order valence-corrected chi connectivity index (χ4v) is 5.97. The summed E-state index contributed by atoms with van der Waals surface area (Å²) in [5, 5.41) is 1.06. The standard InChI is InChI=1S/C23H25F3O3.C21H21F3O3.C2H5Br/c1-3-19(22(27)28-4-2)17-9-12-20(21(13-17)29-14-15-5-6-15)16-7-10-18(11-8-16)23(24,25)26;1-2-26-20(25)12-15-5-10-18(19(11-15)27-13-14-3-4-14)16-6-8-17(9-7-16)21(22,23)24;1-2-3/h7-13,15,19H,3-6,14H2,1-2H3;5-11,14H,2-4,12-13H2,1H3;2H2,1H3. The zero-order valence-electron chi connectivity index (χ0n) is 33.7. The van der Waals surface area contributed by atoms with Gasteiger partial charge in [0, 0.05) is 16.5 Å². The number of rotatable bonds is 15. The van der Waals surface area contributed by atoms with Crippen LogP contribution in [0.4, 0.5) is 26.3 Å². The molecule has 1 atom stereocenters. The zero-order valence-corrected chi connectivity index (χ0v) is 35.3. The van der Waals surface area contributed by atoms with Gasteiger partial charge in [-0.25, -0.2) is 0 Å². The number of alkyl halides is 7. The zero-order chi connectivity index (χ0) is 43.2. The molecule has 59 heavy (non-hydrogen) atoms. The molecule has 2 aliphatic rings. The largest absolute Gasteiger partial charge is 0.493 e. The molecule has 1 unspecified atom stereocenters. The second-order valence-electron chi connectivity index (χ2n) is 14.2. The average Bonchev–Trinajstić information content (AvgIpc) is 4.14. The molecule has 0 N–H and O–H groups in total. The van der Waals surface area contributed by atoms with Gasteiger partial charge in [-0.05, 0) is 116 Å². The van der Waals surface area contributed by atoms with Crippen LogP contribution in [0.5, 0.6) is 11.5 Å². The Labute approximate surface area is 350 Å². The number of carbonyl (C=O) groups excluding carboxylic acids is 2. The van der Waals surface area contributed by atoms with E-state index in [-0.39, 0.29) is 18.4 Å². The van der Waals surface area contributed by atoms with E-state index in [4.69, 9.17) is 18.9 Å². The van der Waals surface area contributed by atoms with Crippen molar-refractivity contribution in [3.8, 4) is 33.8 Å². The van der Waals surface area contributed by atoms with Gasteiger partial charge in [0.2, 0.25) is 0 Å². The lowest BCUT2D eigenvalue weighted by molar-refractivity contribution is -0.145. The third-order valence-electron chi connectivity index (χ3n) is 9.48. The summed E-state index contributed by atoms with van der Waals surface area (Å²) in [6.07, 6.45) is -3.54. The molecule has 0 aliphatic heterocycles. The molecule has 13 heteroatoms. The molecule has 0 radical (unpaired) electrons. The van der Waals surface area contributed by atoms with Crippen molar-refractivity contribution in [2.24, 2.45) is 11.8 Å². The summed E-state index contributed by atoms with van der Waals surface area (Å²) in [5.41, 5.74) is 2.84. The highest BCUT2D eigenvalue weighted by atomic mass is 79.9. The van der Waals surface area contributed by atoms with Gasteiger partial charge in [0.25, 0.3) is 0 Å². The highest BCUT2D eigenvalue weighted by molar-refractivity contribution is 9.09. The Balaban J connectivity index is 0.000000245. The van der Waals surface area contributed by atoms with Gasteiger partial charge in [-0.3, -0.25) is 9.59 Å². The molecule has 6 nitrogen and oxygen atoms in total. The van der Waals surface area contributed by atoms with E-state index in [1.165, 1.54) is 24.3 Å². The molecule has 2 saturated carbocycles. The Morgan fingerprint density at radius 2 is 1.08 bits per heavy atom. The summed E-state index contributed by atoms with van der Waals surface area (Å²) in [6.45, 7) is 9.22. The Bertz CT molecular complexity index is 1940. The van der Waals surface area contributed by atoms with Gasteiger partial charge in [-0.1, -0.05) is 78.3 Å². The first-order valence-electron chi connectivity index (χ1n) is 19.9. The fourth-order valence-electron chi connectivity index (χ4n) is 5.97. The van der Waals surface area contributed by atoms with Crippen LogP contribution >= 0.6 is 15.9 Å². The van der Waals surface area contributed by atoms with Gasteiger partial charge in [0.1, 0.15) is 11.5 Å². The van der Waals surface area contributed by atoms with Gasteiger partial charge in [-0.15, -0.1) is 0 Å². The molecule has 6 rings (SSSR count). The van der Waals surface area contributed by atoms with Crippen molar-refractivity contribution in [1.29, 1.82) is 0 Å². The molecular weight excluding hydrogens is 842 g/mol. The van der Waals surface area contributed by atoms with Crippen LogP contribution in [0.3, 0.4) is 0 Å². The van der Waals surface area contributed by atoms with Crippen molar-refractivity contribution in [1.82, 2.24) is 0 Å². The summed E-state index contributed by atoms with van der Waals surface area (Å²) in [5.74, 6) is 1.18. The number of esters is 2. The van der Waals surface area contributed by atoms with Crippen molar-refractivity contribution in [2.75, 3.05) is 31.8 Å². The van der Waals surface area contributed by atoms with Gasteiger partial charge in [0.05, 0.1) is 49.9 Å². The van der Waals surface area contributed by atoms with Crippen LogP contribution in [0.15, 0.2) is 84.9 Å². The molecule has 2 aliphatic carbocycles. The first-order valence-corrected chi connectivity index (χ1v) is 21.0. The molecule has 0 aromatic heterocycles. The van der Waals surface area contributed by atoms with Crippen LogP contribution in [-0.2, 0) is 37.8 Å². The Morgan fingerprint density at radius 3 is 1.49 bits per heavy atom. The maximum Gasteiger partial charge on any atom is 0.416 e. The van der Waals surface area contributed by atoms with Crippen LogP contribution in [-0.4, -0.2) is 43.7 Å². The lowest BCUT2D eigenvalue weighted by atomic mass is 9.93. The maximum absolute atomic E-state index is 12.9. The summed E-state index contributed by atoms with van der Waals surface area (Å²) in [6, 6.07) is 20.8. The Hall–Kier alpha value is -4.52. The van der Waals surface area contributed by atoms with Crippen molar-refractivity contribution in [2.45, 2.75) is 84.5 Å². The fraction of sp³-hybridized carbons (Fsp3) is 0.435. The second kappa shape index (κ2) is 22.2. The summed E-state index contributed by atoms with van der Waals surface area (Å²) >= 11 is 3.15. The molecule has 0 spiro atoms. The van der Waals surface area contributed by atoms with Gasteiger partial charge >= 0.3 is 24.3 Å². The minimum Gasteiger partial charge on any atom is -0.493 e. The van der Waals surface area contributed by atoms with Gasteiger partial charge < -0.3 is 18.9 Å². The Morgan fingerprint density at radius 1 is 0.644 bits per heavy atom. The van der Waals surface area contributed by atoms with E-state index in [0.717, 1.165) is 66.4 Å². The number of carbonyl (C=O) groups is 2. The van der Waals surface area contributed by atoms with Crippen molar-refractivity contribution < 1.29 is 54.9 Å². The van der Waals surface area contributed by atoms with Crippen molar-refractivity contribution in [3.63, 3.8) is 0 Å². The van der Waals surface area contributed by atoms with E-state index in [9.17, 15) is 35.9 Å². The predicted octanol–water partition coefficient (Wildman–Crippen LogP) is 12.9. The van der Waals surface area contributed by atoms with Crippen molar-refractivity contribution in [3.05, 3.63) is 107 Å². The number of benzene rings is 4. The third kappa shape index (κ3) is 14.9. The highest BCUT2D eigenvalue weighted by Crippen LogP contribution is 2.39. The number of ether oxygens (including phenoxy) is 4. The molecule has 320 valence electrons. The van der Waals surface area contributed by atoms with Crippen molar-refractivity contribution >= 4 is 27.9 Å². The van der Waals surface area contributed by atoms with Gasteiger partial charge in [0.15, 0.2) is 0 Å². The van der Waals surface area contributed by atoms with E-state index in [1.807, 2.05) is 32.0 Å². The molecule has 4 aromatic rings. The van der Waals surface area contributed by atoms with E-state index in [2.05, 4.69) is 15.9 Å². The Kier molecular flexibility index (Phi) is 17.7. The SMILES string of the molecule is CCBr.CCOC(=O)C(CC)c1ccc(-c2ccc(C(F)(F)F)cc2)c(OCC2CC2)c1.CCOC(=O)Cc1ccc(-c2ccc(C(F)(F)F)cc2)c(OCC2CC2)c1. The van der Waals surface area contributed by atoms with Crippen LogP contribution in [0.25, 0.3) is 22.3 Å². The van der Waals surface area contributed by atoms with Crippen LogP contribution in [0, 0.1) is 11.8 Å². The summed E-state index contributed by atoms with van der Waals surface area (Å²) in [7, 11) is 0. The molecule has 0 saturated heterocycles. The molecule has 4 aromatic carbocycles. The topological polar surface area (TPSA) is 71.1 Å². The quantitative estimate of drug-likeness (QED) is 0.0673. The highest BCUT2D eigenvalue weighted by Gasteiger charge is 2.31. The van der Waals surface area contributed by atoms with E-state index < -0.39 is 29.4 Å². The monoisotopic (exact) mass is 892 g/mol. The number of hydrogen-bond donors (Lipinski definition) is 0. The van der Waals surface area contributed by atoms with Crippen LogP contribution in [0.1, 0.15) is 88.0 Å². The molecule has 2 fully saturated rings. The summed E-state index contributed by atoms with van der Waals surface area (Å²) in [4.78, 5) is 24.0. The van der Waals surface area contributed by atoms with Crippen LogP contribution < -0.4 is 9.47 Å². The lowest BCUT2D eigenvalue weighted by Crippen LogP contribution is -2.15. The summed E-state index contributed by atoms with van der Waals surface area (Å²) < 4.78 is 99.0. The molecule has 0 amide bonds. The smallest absolute Gasteiger partial charge is 0.416 e. The third-order valence-corrected chi connectivity index (χ3v) is 9.48. The van der Waals surface area contributed by atoms with E-state index in [0.29, 0.717) is 78.4 Å². The minimum atomic E-state index is -4.37. The predicted molar refractivity (Wildman–Crippen MR) is 220 cm³/mol. The number of hydrogen-bond acceptors (Lipinski definition) is 6. The first kappa shape index (κ1) is 47.2.